The van der Waals surface area contributed by atoms with Gasteiger partial charge in [-0.15, -0.1) is 11.3 Å². The van der Waals surface area contributed by atoms with Gasteiger partial charge in [0, 0.05) is 48.4 Å². The highest BCUT2D eigenvalue weighted by molar-refractivity contribution is 7.09. The fourth-order valence-corrected chi connectivity index (χ4v) is 3.90. The second-order valence-corrected chi connectivity index (χ2v) is 7.58. The highest BCUT2D eigenvalue weighted by atomic mass is 32.1. The molecule has 4 rings (SSSR count). The van der Waals surface area contributed by atoms with Crippen LogP contribution < -0.4 is 5.32 Å². The molecule has 140 valence electrons. The number of hydrogen-bond donors (Lipinski definition) is 1. The molecular formula is C19H21N5O2S. The van der Waals surface area contributed by atoms with E-state index >= 15 is 0 Å². The predicted molar refractivity (Wildman–Crippen MR) is 101 cm³/mol. The van der Waals surface area contributed by atoms with E-state index in [0.717, 1.165) is 25.9 Å². The molecule has 8 heteroatoms. The minimum Gasteiger partial charge on any atom is -0.339 e. The molecule has 0 unspecified atom stereocenters. The quantitative estimate of drug-likeness (QED) is 0.704. The molecule has 3 aromatic rings. The van der Waals surface area contributed by atoms with E-state index < -0.39 is 0 Å². The zero-order chi connectivity index (χ0) is 18.5. The molecule has 1 aliphatic heterocycles. The van der Waals surface area contributed by atoms with Gasteiger partial charge in [0.05, 0.1) is 6.54 Å². The molecule has 0 saturated carbocycles. The Bertz CT molecular complexity index is 857. The molecule has 4 heterocycles. The van der Waals surface area contributed by atoms with Crippen molar-refractivity contribution in [1.29, 1.82) is 0 Å². The van der Waals surface area contributed by atoms with Gasteiger partial charge in [-0.05, 0) is 36.4 Å². The summed E-state index contributed by atoms with van der Waals surface area (Å²) in [7, 11) is 0. The molecule has 3 aromatic heterocycles. The van der Waals surface area contributed by atoms with Crippen LogP contribution in [0.3, 0.4) is 0 Å². The van der Waals surface area contributed by atoms with Gasteiger partial charge >= 0.3 is 0 Å². The van der Waals surface area contributed by atoms with Gasteiger partial charge in [-0.2, -0.15) is 4.98 Å². The molecule has 1 fully saturated rings. The van der Waals surface area contributed by atoms with Gasteiger partial charge in [0.2, 0.25) is 5.89 Å². The summed E-state index contributed by atoms with van der Waals surface area (Å²) in [6.07, 6.45) is 5.83. The van der Waals surface area contributed by atoms with Crippen molar-refractivity contribution < 1.29 is 9.32 Å². The Hall–Kier alpha value is -2.58. The Morgan fingerprint density at radius 1 is 1.26 bits per heavy atom. The van der Waals surface area contributed by atoms with Crippen molar-refractivity contribution in [3.05, 3.63) is 64.2 Å². The maximum Gasteiger partial charge on any atom is 0.253 e. The number of likely N-dealkylation sites (tertiary alicyclic amines) is 1. The van der Waals surface area contributed by atoms with Crippen LogP contribution in [-0.4, -0.2) is 45.1 Å². The fraction of sp³-hybridized carbons (Fsp3) is 0.368. The molecule has 1 saturated heterocycles. The number of nitrogens with zero attached hydrogens (tertiary/aromatic N) is 4. The van der Waals surface area contributed by atoms with E-state index in [2.05, 4.69) is 26.5 Å². The lowest BCUT2D eigenvalue weighted by atomic mass is 10.0. The number of piperidine rings is 1. The van der Waals surface area contributed by atoms with Gasteiger partial charge < -0.3 is 14.7 Å². The standard InChI is InChI=1S/C19H21N5O2S/c25-19(14-3-7-20-8-4-14)24-9-5-15(6-10-24)21-13-18-22-17(23-26-18)12-16-2-1-11-27-16/h1-4,7-8,11,15,21H,5-6,9-10,12-13H2. The number of nitrogens with one attached hydrogen (secondary N) is 1. The van der Waals surface area contributed by atoms with Crippen LogP contribution in [0.2, 0.25) is 0 Å². The van der Waals surface area contributed by atoms with Crippen LogP contribution in [0.15, 0.2) is 46.6 Å². The lowest BCUT2D eigenvalue weighted by Gasteiger charge is -2.32. The summed E-state index contributed by atoms with van der Waals surface area (Å²) in [5, 5.41) is 9.56. The zero-order valence-corrected chi connectivity index (χ0v) is 15.7. The highest BCUT2D eigenvalue weighted by Gasteiger charge is 2.23. The van der Waals surface area contributed by atoms with Crippen molar-refractivity contribution in [2.45, 2.75) is 31.8 Å². The number of hydrogen-bond acceptors (Lipinski definition) is 7. The monoisotopic (exact) mass is 383 g/mol. The number of carbonyl (C=O) groups is 1. The summed E-state index contributed by atoms with van der Waals surface area (Å²) in [6.45, 7) is 2.04. The molecule has 1 amide bonds. The molecular weight excluding hydrogens is 362 g/mol. The summed E-state index contributed by atoms with van der Waals surface area (Å²) in [5.41, 5.74) is 0.695. The molecule has 0 spiro atoms. The molecule has 0 atom stereocenters. The van der Waals surface area contributed by atoms with Gasteiger partial charge in [-0.1, -0.05) is 11.2 Å². The van der Waals surface area contributed by atoms with Crippen molar-refractivity contribution in [2.75, 3.05) is 13.1 Å². The van der Waals surface area contributed by atoms with E-state index in [1.54, 1.807) is 35.9 Å². The summed E-state index contributed by atoms with van der Waals surface area (Å²) in [5.74, 6) is 1.40. The van der Waals surface area contributed by atoms with Crippen molar-refractivity contribution in [3.63, 3.8) is 0 Å². The van der Waals surface area contributed by atoms with Crippen LogP contribution in [0.1, 0.15) is 39.8 Å². The smallest absolute Gasteiger partial charge is 0.253 e. The zero-order valence-electron chi connectivity index (χ0n) is 14.9. The fourth-order valence-electron chi connectivity index (χ4n) is 3.20. The van der Waals surface area contributed by atoms with Crippen molar-refractivity contribution in [2.24, 2.45) is 0 Å². The number of thiophene rings is 1. The Morgan fingerprint density at radius 3 is 2.81 bits per heavy atom. The van der Waals surface area contributed by atoms with Crippen molar-refractivity contribution in [1.82, 2.24) is 25.3 Å². The Balaban J connectivity index is 1.23. The second kappa shape index (κ2) is 8.41. The third kappa shape index (κ3) is 4.58. The molecule has 27 heavy (non-hydrogen) atoms. The van der Waals surface area contributed by atoms with Crippen molar-refractivity contribution >= 4 is 17.2 Å². The molecule has 0 radical (unpaired) electrons. The lowest BCUT2D eigenvalue weighted by Crippen LogP contribution is -2.44. The maximum absolute atomic E-state index is 12.5. The topological polar surface area (TPSA) is 84.2 Å². The molecule has 1 aliphatic rings. The average Bonchev–Trinajstić information content (AvgIpc) is 3.39. The summed E-state index contributed by atoms with van der Waals surface area (Å²) < 4.78 is 5.33. The minimum absolute atomic E-state index is 0.0750. The number of amides is 1. The summed E-state index contributed by atoms with van der Waals surface area (Å²) in [4.78, 5) is 24.0. The van der Waals surface area contributed by atoms with Crippen LogP contribution in [-0.2, 0) is 13.0 Å². The van der Waals surface area contributed by atoms with E-state index in [9.17, 15) is 4.79 Å². The number of rotatable bonds is 6. The Labute approximate surface area is 161 Å². The first kappa shape index (κ1) is 17.8. The third-order valence-corrected chi connectivity index (χ3v) is 5.55. The number of aromatic nitrogens is 3. The third-order valence-electron chi connectivity index (χ3n) is 4.67. The van der Waals surface area contributed by atoms with Crippen LogP contribution in [0, 0.1) is 0 Å². The molecule has 1 N–H and O–H groups in total. The average molecular weight is 383 g/mol. The van der Waals surface area contributed by atoms with Gasteiger partial charge in [0.25, 0.3) is 5.91 Å². The van der Waals surface area contributed by atoms with E-state index in [1.165, 1.54) is 4.88 Å². The Kier molecular flexibility index (Phi) is 5.55. The highest BCUT2D eigenvalue weighted by Crippen LogP contribution is 2.15. The molecule has 7 nitrogen and oxygen atoms in total. The van der Waals surface area contributed by atoms with E-state index in [-0.39, 0.29) is 5.91 Å². The number of pyridine rings is 1. The summed E-state index contributed by atoms with van der Waals surface area (Å²) >= 11 is 1.69. The SMILES string of the molecule is O=C(c1ccncc1)N1CCC(NCc2nc(Cc3cccs3)no2)CC1. The van der Waals surface area contributed by atoms with E-state index in [4.69, 9.17) is 4.52 Å². The van der Waals surface area contributed by atoms with E-state index in [0.29, 0.717) is 36.3 Å². The minimum atomic E-state index is 0.0750. The first-order valence-electron chi connectivity index (χ1n) is 9.04. The molecule has 0 aliphatic carbocycles. The van der Waals surface area contributed by atoms with Gasteiger partial charge in [0.1, 0.15) is 0 Å². The van der Waals surface area contributed by atoms with Crippen LogP contribution in [0.25, 0.3) is 0 Å². The predicted octanol–water partition coefficient (Wildman–Crippen LogP) is 2.51. The van der Waals surface area contributed by atoms with Gasteiger partial charge in [-0.3, -0.25) is 9.78 Å². The van der Waals surface area contributed by atoms with Gasteiger partial charge in [-0.25, -0.2) is 0 Å². The van der Waals surface area contributed by atoms with Crippen LogP contribution >= 0.6 is 11.3 Å². The van der Waals surface area contributed by atoms with Gasteiger partial charge in [0.15, 0.2) is 5.82 Å². The van der Waals surface area contributed by atoms with Crippen LogP contribution in [0.5, 0.6) is 0 Å². The van der Waals surface area contributed by atoms with Crippen molar-refractivity contribution in [3.8, 4) is 0 Å². The normalized spacial score (nSPS) is 15.2. The lowest BCUT2D eigenvalue weighted by molar-refractivity contribution is 0.0703. The summed E-state index contributed by atoms with van der Waals surface area (Å²) in [6, 6.07) is 7.96. The molecule has 0 aromatic carbocycles. The second-order valence-electron chi connectivity index (χ2n) is 6.54. The molecule has 0 bridgehead atoms. The maximum atomic E-state index is 12.5. The Morgan fingerprint density at radius 2 is 2.07 bits per heavy atom. The number of carbonyl (C=O) groups excluding carboxylic acids is 1. The largest absolute Gasteiger partial charge is 0.339 e. The first-order valence-corrected chi connectivity index (χ1v) is 9.92. The van der Waals surface area contributed by atoms with Crippen LogP contribution in [0.4, 0.5) is 0 Å². The van der Waals surface area contributed by atoms with E-state index in [1.807, 2.05) is 16.3 Å². The first-order chi connectivity index (χ1) is 13.3.